The Balaban J connectivity index is 0.000000115. The largest absolute Gasteiger partial charge is 0.508 e. The molecule has 684 valence electrons. The van der Waals surface area contributed by atoms with Crippen LogP contribution in [0, 0.1) is 18.6 Å². The first-order chi connectivity index (χ1) is 67.4. The quantitative estimate of drug-likeness (QED) is 0.0332. The molecule has 0 saturated carbocycles. The highest BCUT2D eigenvalue weighted by molar-refractivity contribution is 5.69. The Morgan fingerprint density at radius 3 is 0.870 bits per heavy atom. The van der Waals surface area contributed by atoms with Gasteiger partial charge in [0.2, 0.25) is 29.4 Å². The van der Waals surface area contributed by atoms with Gasteiger partial charge in [0.1, 0.15) is 45.7 Å². The van der Waals surface area contributed by atoms with Crippen molar-refractivity contribution in [3.8, 4) is 97.4 Å². The lowest BCUT2D eigenvalue weighted by Gasteiger charge is -2.09. The number of hydrogen-bond acceptors (Lipinski definition) is 18. The second-order valence-electron chi connectivity index (χ2n) is 33.2. The van der Waals surface area contributed by atoms with Gasteiger partial charge in [-0.3, -0.25) is 22.0 Å². The fourth-order valence-electron chi connectivity index (χ4n) is 16.4. The summed E-state index contributed by atoms with van der Waals surface area (Å²) < 4.78 is 41.3. The van der Waals surface area contributed by atoms with Crippen LogP contribution in [-0.2, 0) is 57.8 Å². The fourth-order valence-corrected chi connectivity index (χ4v) is 16.4. The number of aromatic nitrogens is 15. The van der Waals surface area contributed by atoms with Crippen LogP contribution in [0.3, 0.4) is 0 Å². The number of nitrogens with zero attached hydrogens (tertiary/aromatic N) is 15. The molecule has 0 fully saturated rings. The summed E-state index contributed by atoms with van der Waals surface area (Å²) >= 11 is 0. The van der Waals surface area contributed by atoms with Gasteiger partial charge in [-0.2, -0.15) is 0 Å². The van der Waals surface area contributed by atoms with Crippen molar-refractivity contribution in [3.63, 3.8) is 0 Å². The Labute approximate surface area is 793 Å². The van der Waals surface area contributed by atoms with Crippen molar-refractivity contribution in [2.75, 3.05) is 0 Å². The zero-order valence-corrected chi connectivity index (χ0v) is 75.6. The minimum atomic E-state index is -0.970. The van der Waals surface area contributed by atoms with E-state index in [-0.39, 0.29) is 40.9 Å². The lowest BCUT2D eigenvalue weighted by atomic mass is 10.1. The molecule has 11 aromatic carbocycles. The zero-order valence-electron chi connectivity index (χ0n) is 75.6. The third-order valence-electron chi connectivity index (χ3n) is 23.4. The summed E-state index contributed by atoms with van der Waals surface area (Å²) in [6, 6.07) is 101. The molecule has 0 amide bonds. The predicted octanol–water partition coefficient (Wildman–Crippen LogP) is 22.8. The first-order valence-electron chi connectivity index (χ1n) is 45.3. The Morgan fingerprint density at radius 1 is 0.254 bits per heavy atom. The average Bonchev–Trinajstić information content (AvgIpc) is 1.63. The smallest absolute Gasteiger partial charge is 0.219 e. The molecule has 11 aromatic heterocycles. The third-order valence-corrected chi connectivity index (χ3v) is 23.4. The van der Waals surface area contributed by atoms with E-state index in [0.29, 0.717) is 119 Å². The van der Waals surface area contributed by atoms with Crippen molar-refractivity contribution < 1.29 is 48.9 Å². The zero-order chi connectivity index (χ0) is 95.1. The van der Waals surface area contributed by atoms with Crippen molar-refractivity contribution in [3.05, 3.63) is 466 Å². The number of furan rings is 1. The molecule has 11 heterocycles. The molecule has 0 aliphatic heterocycles. The fraction of sp³-hybridized carbons (Fsp3) is 0.115. The van der Waals surface area contributed by atoms with Gasteiger partial charge in [-0.25, -0.2) is 58.6 Å². The van der Waals surface area contributed by atoms with Crippen LogP contribution in [-0.4, -0.2) is 108 Å². The molecular weight excluding hydrogens is 1730 g/mol. The number of aromatic hydroxyl groups is 7. The van der Waals surface area contributed by atoms with Gasteiger partial charge >= 0.3 is 0 Å². The third kappa shape index (κ3) is 20.9. The lowest BCUT2D eigenvalue weighted by molar-refractivity contribution is 0.440. The van der Waals surface area contributed by atoms with Gasteiger partial charge in [0.05, 0.1) is 57.5 Å². The number of rotatable bonds is 22. The monoisotopic (exact) mass is 1830 g/mol. The number of aryl methyl sites for hydroxylation is 3. The maximum Gasteiger partial charge on any atom is 0.219 e. The molecule has 22 aromatic rings. The van der Waals surface area contributed by atoms with Crippen molar-refractivity contribution in [1.82, 2.24) is 71.8 Å². The molecule has 0 spiro atoms. The van der Waals surface area contributed by atoms with Gasteiger partial charge in [0.25, 0.3) is 0 Å². The van der Waals surface area contributed by atoms with E-state index in [1.165, 1.54) is 21.6 Å². The SMILES string of the molecule is CCCc1nc2c(Cc3ccccc3)nc(-c3ccccc3)cn2c1O.CCc1nc2c(Cc3ccccc3)nc(-c3ccccc3)cn2c1O.Cc1nc2c(Cc3ccccc3)nc(-c3ccccc3)cn2c1O.Oc1ccc(Cc2nc3c(Cc4ccccc4)nc(-c4ccc(F)c(F)c4)cn3c2O)cc1.Oc1ccc(Cc2nc3c(Cc4ccccc4)nc(-c4ccco4)cn3c2O)cc1. The molecule has 25 heteroatoms. The van der Waals surface area contributed by atoms with Gasteiger partial charge < -0.3 is 40.2 Å². The van der Waals surface area contributed by atoms with Crippen LogP contribution in [0.25, 0.3) is 84.7 Å². The van der Waals surface area contributed by atoms with Gasteiger partial charge in [0, 0.05) is 98.2 Å². The van der Waals surface area contributed by atoms with Crippen molar-refractivity contribution in [2.45, 2.75) is 85.0 Å². The van der Waals surface area contributed by atoms with Gasteiger partial charge in [0.15, 0.2) is 45.6 Å². The highest BCUT2D eigenvalue weighted by Gasteiger charge is 2.25. The normalized spacial score (nSPS) is 11.1. The summed E-state index contributed by atoms with van der Waals surface area (Å²) in [4.78, 5) is 47.2. The number of phenolic OH excluding ortho intramolecular Hbond substituents is 2. The molecule has 0 aliphatic carbocycles. The summed E-state index contributed by atoms with van der Waals surface area (Å²) in [5.41, 5.74) is 24.6. The van der Waals surface area contributed by atoms with E-state index in [0.717, 1.165) is 126 Å². The number of phenols is 2. The molecule has 22 rings (SSSR count). The predicted molar refractivity (Wildman–Crippen MR) is 529 cm³/mol. The average molecular weight is 1830 g/mol. The summed E-state index contributed by atoms with van der Waals surface area (Å²) in [6.07, 6.45) is 16.7. The molecule has 7 N–H and O–H groups in total. The van der Waals surface area contributed by atoms with E-state index >= 15 is 0 Å². The minimum absolute atomic E-state index is 0.0568. The molecule has 138 heavy (non-hydrogen) atoms. The molecule has 0 saturated heterocycles. The van der Waals surface area contributed by atoms with Crippen LogP contribution >= 0.6 is 0 Å². The molecular formula is C113H95F2N15O8. The number of benzene rings is 11. The van der Waals surface area contributed by atoms with Crippen molar-refractivity contribution >= 4 is 28.2 Å². The van der Waals surface area contributed by atoms with E-state index in [9.17, 15) is 44.5 Å². The molecule has 0 radical (unpaired) electrons. The van der Waals surface area contributed by atoms with E-state index < -0.39 is 11.6 Å². The summed E-state index contributed by atoms with van der Waals surface area (Å²) in [6.45, 7) is 5.88. The Hall–Kier alpha value is -17.7. The Morgan fingerprint density at radius 2 is 0.536 bits per heavy atom. The molecule has 0 bridgehead atoms. The second-order valence-corrected chi connectivity index (χ2v) is 33.2. The van der Waals surface area contributed by atoms with Crippen LogP contribution in [0.15, 0.2) is 363 Å². The van der Waals surface area contributed by atoms with Crippen LogP contribution in [0.1, 0.15) is 116 Å². The molecule has 0 unspecified atom stereocenters. The molecule has 23 nitrogen and oxygen atoms in total. The van der Waals surface area contributed by atoms with E-state index in [2.05, 4.69) is 63.3 Å². The first-order valence-corrected chi connectivity index (χ1v) is 45.3. The highest BCUT2D eigenvalue weighted by Crippen LogP contribution is 2.36. The minimum Gasteiger partial charge on any atom is -0.508 e. The summed E-state index contributed by atoms with van der Waals surface area (Å²) in [5.74, 6) is -0.326. The maximum absolute atomic E-state index is 13.9. The van der Waals surface area contributed by atoms with E-state index in [1.54, 1.807) is 79.6 Å². The topological polar surface area (TPSA) is 306 Å². The van der Waals surface area contributed by atoms with Crippen molar-refractivity contribution in [2.24, 2.45) is 0 Å². The number of fused-ring (bicyclic) bond motifs is 5. The molecule has 0 aliphatic rings. The highest BCUT2D eigenvalue weighted by atomic mass is 19.2. The summed E-state index contributed by atoms with van der Waals surface area (Å²) in [5, 5.41) is 72.4. The number of halogens is 2. The van der Waals surface area contributed by atoms with Gasteiger partial charge in [-0.05, 0) is 113 Å². The first kappa shape index (κ1) is 90.8. The Kier molecular flexibility index (Phi) is 27.4. The summed E-state index contributed by atoms with van der Waals surface area (Å²) in [7, 11) is 0. The van der Waals surface area contributed by atoms with E-state index in [4.69, 9.17) is 34.3 Å². The second kappa shape index (κ2) is 41.6. The number of hydrogen-bond donors (Lipinski definition) is 7. The standard InChI is InChI=1S/C26H19F2N3O2.C24H19N3O3.C22H21N3O.C21H19N3O.C20H17N3O/c27-20-11-8-18(14-21(20)28)24-15-31-25(22(29-24)12-16-4-2-1-3-5-16)30-23(26(31)33)13-17-6-9-19(32)10-7-17;28-18-10-8-17(9-11-18)14-20-24(29)27-15-21(22-7-4-12-30-22)25-19(23(27)26-20)13-16-5-2-1-3-6-16;1-2-9-18-22(26)25-15-20(17-12-7-4-8-13-17)23-19(21(25)24-18)14-16-10-5-3-6-11-16;1-2-17-21(25)24-14-19(16-11-7-4-8-12-16)22-18(20(24)23-17)13-15-9-5-3-6-10-15;1-14-20(24)23-13-18(16-10-6-3-7-11-16)22-17(19(23)21-14)12-15-8-4-2-5-9-15/h1-11,14-15,32-33H,12-13H2;1-12,15,28-29H,13-14H2;3-8,10-13,15,26H,2,9,14H2,1H3;3-12,14,25H,2,13H2,1H3;2-11,13,24H,12H2,1H3. The molecule has 0 atom stereocenters. The maximum atomic E-state index is 13.9. The lowest BCUT2D eigenvalue weighted by Crippen LogP contribution is -2.01. The van der Waals surface area contributed by atoms with Crippen LogP contribution in [0.2, 0.25) is 0 Å². The van der Waals surface area contributed by atoms with Gasteiger partial charge in [-0.15, -0.1) is 0 Å². The van der Waals surface area contributed by atoms with E-state index in [1.807, 2.05) is 256 Å². The van der Waals surface area contributed by atoms with Crippen LogP contribution in [0.4, 0.5) is 8.78 Å². The van der Waals surface area contributed by atoms with Crippen LogP contribution in [0.5, 0.6) is 40.9 Å². The van der Waals surface area contributed by atoms with Crippen LogP contribution < -0.4 is 0 Å². The number of imidazole rings is 5. The Bertz CT molecular complexity index is 7940. The van der Waals surface area contributed by atoms with Gasteiger partial charge in [-0.1, -0.05) is 287 Å². The van der Waals surface area contributed by atoms with Crippen molar-refractivity contribution in [1.29, 1.82) is 0 Å².